The number of allylic oxidation sites excluding steroid dienone is 1. The van der Waals surface area contributed by atoms with E-state index < -0.39 is 0 Å². The molecule has 5 rings (SSSR count). The van der Waals surface area contributed by atoms with Crippen LogP contribution in [0.5, 0.6) is 0 Å². The van der Waals surface area contributed by atoms with Crippen molar-refractivity contribution in [2.45, 2.75) is 106 Å². The van der Waals surface area contributed by atoms with Crippen LogP contribution in [0.2, 0.25) is 0 Å². The van der Waals surface area contributed by atoms with Gasteiger partial charge in [-0.25, -0.2) is 0 Å². The third kappa shape index (κ3) is 1.91. The van der Waals surface area contributed by atoms with Crippen molar-refractivity contribution in [1.82, 2.24) is 0 Å². The molecule has 0 aliphatic heterocycles. The summed E-state index contributed by atoms with van der Waals surface area (Å²) in [6.45, 7) is 22.4. The van der Waals surface area contributed by atoms with Crippen molar-refractivity contribution in [2.24, 2.45) is 56.2 Å². The molecule has 0 radical (unpaired) electrons. The third-order valence-electron chi connectivity index (χ3n) is 13.1. The van der Waals surface area contributed by atoms with Gasteiger partial charge in [0.05, 0.1) is 0 Å². The second-order valence-electron chi connectivity index (χ2n) is 13.9. The van der Waals surface area contributed by atoms with Crippen LogP contribution in [-0.2, 0) is 0 Å². The van der Waals surface area contributed by atoms with E-state index in [0.29, 0.717) is 16.2 Å². The van der Waals surface area contributed by atoms with Crippen molar-refractivity contribution in [3.05, 3.63) is 12.7 Å². The van der Waals surface area contributed by atoms with Crippen molar-refractivity contribution in [1.29, 1.82) is 0 Å². The zero-order valence-electron chi connectivity index (χ0n) is 20.0. The molecule has 0 N–H and O–H groups in total. The van der Waals surface area contributed by atoms with Gasteiger partial charge in [0.2, 0.25) is 0 Å². The second kappa shape index (κ2) is 5.31. The van der Waals surface area contributed by atoms with Crippen LogP contribution in [0.15, 0.2) is 12.7 Å². The Morgan fingerprint density at radius 2 is 1.43 bits per heavy atom. The van der Waals surface area contributed by atoms with Gasteiger partial charge >= 0.3 is 0 Å². The van der Waals surface area contributed by atoms with Gasteiger partial charge in [0, 0.05) is 0 Å². The fraction of sp³-hybridized carbons (Fsp3) is 0.929. The topological polar surface area (TPSA) is 0 Å². The Kier molecular flexibility index (Phi) is 3.74. The van der Waals surface area contributed by atoms with Gasteiger partial charge in [0.25, 0.3) is 0 Å². The van der Waals surface area contributed by atoms with Gasteiger partial charge in [-0.3, -0.25) is 0 Å². The van der Waals surface area contributed by atoms with Crippen molar-refractivity contribution < 1.29 is 0 Å². The molecular weight excluding hydrogens is 336 g/mol. The maximum Gasteiger partial charge on any atom is -0.0144 e. The van der Waals surface area contributed by atoms with Crippen molar-refractivity contribution in [2.75, 3.05) is 0 Å². The average molecular weight is 383 g/mol. The minimum absolute atomic E-state index is 0.276. The van der Waals surface area contributed by atoms with Gasteiger partial charge in [-0.05, 0) is 114 Å². The van der Waals surface area contributed by atoms with Gasteiger partial charge in [-0.2, -0.15) is 0 Å². The van der Waals surface area contributed by atoms with Crippen molar-refractivity contribution in [3.63, 3.8) is 0 Å². The zero-order chi connectivity index (χ0) is 20.4. The summed E-state index contributed by atoms with van der Waals surface area (Å²) in [7, 11) is 0. The highest BCUT2D eigenvalue weighted by molar-refractivity contribution is 5.30. The minimum atomic E-state index is 0.276. The molecule has 0 unspecified atom stereocenters. The second-order valence-corrected chi connectivity index (χ2v) is 13.9. The van der Waals surface area contributed by atoms with E-state index in [1.54, 1.807) is 12.8 Å². The fourth-order valence-electron chi connectivity index (χ4n) is 10.9. The Labute approximate surface area is 175 Å². The summed E-state index contributed by atoms with van der Waals surface area (Å²) < 4.78 is 0. The lowest BCUT2D eigenvalue weighted by Crippen LogP contribution is -2.57. The summed E-state index contributed by atoms with van der Waals surface area (Å²) in [4.78, 5) is 0. The van der Waals surface area contributed by atoms with E-state index >= 15 is 0 Å². The van der Waals surface area contributed by atoms with Crippen LogP contribution in [-0.4, -0.2) is 0 Å². The molecule has 5 saturated carbocycles. The molecule has 0 nitrogen and oxygen atoms in total. The number of fused-ring (bicyclic) bond motifs is 2. The molecule has 0 aromatic rings. The highest BCUT2D eigenvalue weighted by Crippen LogP contribution is 2.89. The first kappa shape index (κ1) is 19.7. The molecule has 0 aromatic heterocycles. The molecule has 0 saturated heterocycles. The van der Waals surface area contributed by atoms with E-state index in [-0.39, 0.29) is 5.41 Å². The van der Waals surface area contributed by atoms with Gasteiger partial charge < -0.3 is 0 Å². The number of hydrogen-bond donors (Lipinski definition) is 0. The molecule has 0 heteroatoms. The zero-order valence-corrected chi connectivity index (χ0v) is 20.0. The standard InChI is InChI=1S/C28H46/c1-9-23(3,4)20-13-14-25(7)22-11-10-21-24(5,6)19(2)12-15-27(21)18-28(22,27)17-16-26(20,25)8/h9,19-22H,1,10-18H2,2-8H3/t19-,20+,21-,22-,25-,26+,27+,28-/m0/s1. The summed E-state index contributed by atoms with van der Waals surface area (Å²) in [5.41, 5.74) is 3.33. The van der Waals surface area contributed by atoms with Crippen molar-refractivity contribution in [3.8, 4) is 0 Å². The molecule has 0 aromatic carbocycles. The van der Waals surface area contributed by atoms with Gasteiger partial charge in [0.15, 0.2) is 0 Å². The van der Waals surface area contributed by atoms with Crippen LogP contribution in [0.25, 0.3) is 0 Å². The van der Waals surface area contributed by atoms with E-state index in [0.717, 1.165) is 34.5 Å². The maximum absolute atomic E-state index is 4.25. The molecule has 8 atom stereocenters. The lowest BCUT2D eigenvalue weighted by Gasteiger charge is -2.64. The molecule has 158 valence electrons. The lowest BCUT2D eigenvalue weighted by atomic mass is 9.41. The Balaban J connectivity index is 1.53. The van der Waals surface area contributed by atoms with Crippen LogP contribution in [0.1, 0.15) is 106 Å². The largest absolute Gasteiger partial charge is 0.103 e. The van der Waals surface area contributed by atoms with E-state index in [1.807, 2.05) is 0 Å². The van der Waals surface area contributed by atoms with Crippen LogP contribution >= 0.6 is 0 Å². The third-order valence-corrected chi connectivity index (χ3v) is 13.1. The first-order valence-corrected chi connectivity index (χ1v) is 12.5. The maximum atomic E-state index is 4.25. The van der Waals surface area contributed by atoms with E-state index in [1.165, 1.54) is 44.9 Å². The predicted molar refractivity (Wildman–Crippen MR) is 120 cm³/mol. The summed E-state index contributed by atoms with van der Waals surface area (Å²) in [6.07, 6.45) is 15.9. The fourth-order valence-corrected chi connectivity index (χ4v) is 10.9. The molecule has 5 aliphatic carbocycles. The van der Waals surface area contributed by atoms with E-state index in [9.17, 15) is 0 Å². The van der Waals surface area contributed by atoms with Crippen LogP contribution < -0.4 is 0 Å². The molecule has 0 heterocycles. The highest BCUT2D eigenvalue weighted by atomic mass is 14.9. The van der Waals surface area contributed by atoms with E-state index in [2.05, 4.69) is 61.1 Å². The first-order chi connectivity index (χ1) is 12.9. The lowest BCUT2D eigenvalue weighted by molar-refractivity contribution is -0.152. The first-order valence-electron chi connectivity index (χ1n) is 12.5. The molecular formula is C28H46. The summed E-state index contributed by atoms with van der Waals surface area (Å²) in [6, 6.07) is 0. The van der Waals surface area contributed by atoms with Crippen LogP contribution in [0.4, 0.5) is 0 Å². The van der Waals surface area contributed by atoms with Gasteiger partial charge in [-0.15, -0.1) is 6.58 Å². The normalized spacial score (nSPS) is 56.8. The predicted octanol–water partition coefficient (Wildman–Crippen LogP) is 8.27. The molecule has 0 amide bonds. The molecule has 2 spiro atoms. The monoisotopic (exact) mass is 382 g/mol. The van der Waals surface area contributed by atoms with Crippen LogP contribution in [0, 0.1) is 56.2 Å². The molecule has 0 bridgehead atoms. The number of rotatable bonds is 2. The summed E-state index contributed by atoms with van der Waals surface area (Å²) >= 11 is 0. The Hall–Kier alpha value is -0.260. The van der Waals surface area contributed by atoms with Crippen molar-refractivity contribution >= 4 is 0 Å². The van der Waals surface area contributed by atoms with Gasteiger partial charge in [0.1, 0.15) is 0 Å². The van der Waals surface area contributed by atoms with Crippen LogP contribution in [0.3, 0.4) is 0 Å². The van der Waals surface area contributed by atoms with E-state index in [4.69, 9.17) is 0 Å². The minimum Gasteiger partial charge on any atom is -0.103 e. The SMILES string of the molecule is C=CC(C)(C)[C@H]1CC[C@@]2(C)[C@@H]3CC[C@H]4C(C)(C)[C@@H](C)CC[C@@]45C[C@@]35CC[C@]12C. The molecule has 28 heavy (non-hydrogen) atoms. The summed E-state index contributed by atoms with van der Waals surface area (Å²) in [5, 5.41) is 0. The summed E-state index contributed by atoms with van der Waals surface area (Å²) in [5.74, 6) is 3.71. The van der Waals surface area contributed by atoms with Gasteiger partial charge in [-0.1, -0.05) is 54.5 Å². The smallest absolute Gasteiger partial charge is 0.0144 e. The quantitative estimate of drug-likeness (QED) is 0.421. The highest BCUT2D eigenvalue weighted by Gasteiger charge is 2.82. The molecule has 5 fully saturated rings. The number of hydrogen-bond acceptors (Lipinski definition) is 0. The Bertz CT molecular complexity index is 699. The average Bonchev–Trinajstić information content (AvgIpc) is 3.21. The Morgan fingerprint density at radius 3 is 2.11 bits per heavy atom. The Morgan fingerprint density at radius 1 is 0.786 bits per heavy atom. The molecule has 5 aliphatic rings.